The van der Waals surface area contributed by atoms with Crippen LogP contribution in [0.5, 0.6) is 0 Å². The fraction of sp³-hybridized carbons (Fsp3) is 0.400. The predicted molar refractivity (Wildman–Crippen MR) is 66.6 cm³/mol. The number of nitrogens with one attached hydrogen (secondary N) is 2. The second kappa shape index (κ2) is 7.05. The van der Waals surface area contributed by atoms with Crippen LogP contribution in [-0.4, -0.2) is 36.3 Å². The van der Waals surface area contributed by atoms with Gasteiger partial charge in [-0.3, -0.25) is 10.1 Å². The number of aliphatic hydroxyl groups is 1. The lowest BCUT2D eigenvalue weighted by Crippen LogP contribution is -2.25. The molecule has 1 aromatic rings. The van der Waals surface area contributed by atoms with Gasteiger partial charge in [0.25, 0.3) is 5.69 Å². The number of rotatable bonds is 7. The van der Waals surface area contributed by atoms with Gasteiger partial charge in [0.1, 0.15) is 5.69 Å². The van der Waals surface area contributed by atoms with Crippen LogP contribution < -0.4 is 10.6 Å². The van der Waals surface area contributed by atoms with E-state index in [1.165, 1.54) is 6.07 Å². The molecule has 0 saturated heterocycles. The molecular weight excluding hydrogens is 246 g/mol. The first kappa shape index (κ1) is 13.7. The molecule has 1 aromatic carbocycles. The molecule has 94 valence electrons. The molecule has 0 fully saturated rings. The van der Waals surface area contributed by atoms with Gasteiger partial charge in [-0.25, -0.2) is 0 Å². The Kier molecular flexibility index (Phi) is 5.68. The molecule has 1 rings (SSSR count). The van der Waals surface area contributed by atoms with Crippen molar-refractivity contribution in [2.45, 2.75) is 0 Å². The Morgan fingerprint density at radius 1 is 1.35 bits per heavy atom. The second-order valence-electron chi connectivity index (χ2n) is 3.32. The van der Waals surface area contributed by atoms with Crippen molar-refractivity contribution in [3.63, 3.8) is 0 Å². The van der Waals surface area contributed by atoms with E-state index in [0.29, 0.717) is 30.3 Å². The van der Waals surface area contributed by atoms with Crippen LogP contribution in [0.3, 0.4) is 0 Å². The van der Waals surface area contributed by atoms with Crippen LogP contribution in [0, 0.1) is 10.1 Å². The maximum absolute atomic E-state index is 10.8. The van der Waals surface area contributed by atoms with Crippen LogP contribution in [0.15, 0.2) is 18.2 Å². The van der Waals surface area contributed by atoms with Crippen molar-refractivity contribution in [2.75, 3.05) is 31.6 Å². The first-order chi connectivity index (χ1) is 8.15. The summed E-state index contributed by atoms with van der Waals surface area (Å²) in [5.41, 5.74) is 0.393. The van der Waals surface area contributed by atoms with E-state index < -0.39 is 4.92 Å². The van der Waals surface area contributed by atoms with Gasteiger partial charge < -0.3 is 15.7 Å². The average molecular weight is 260 g/mol. The zero-order chi connectivity index (χ0) is 12.7. The maximum atomic E-state index is 10.8. The minimum Gasteiger partial charge on any atom is -0.395 e. The van der Waals surface area contributed by atoms with Crippen LogP contribution >= 0.6 is 11.6 Å². The zero-order valence-electron chi connectivity index (χ0n) is 9.15. The maximum Gasteiger partial charge on any atom is 0.293 e. The van der Waals surface area contributed by atoms with E-state index in [-0.39, 0.29) is 12.3 Å². The Bertz CT molecular complexity index is 387. The third-order valence-corrected chi connectivity index (χ3v) is 2.30. The lowest BCUT2D eigenvalue weighted by atomic mass is 10.2. The van der Waals surface area contributed by atoms with E-state index in [0.717, 1.165) is 0 Å². The van der Waals surface area contributed by atoms with Crippen molar-refractivity contribution in [2.24, 2.45) is 0 Å². The summed E-state index contributed by atoms with van der Waals surface area (Å²) in [6.45, 7) is 1.72. The molecule has 0 aliphatic carbocycles. The van der Waals surface area contributed by atoms with Crippen LogP contribution in [-0.2, 0) is 0 Å². The quantitative estimate of drug-likeness (QED) is 0.390. The van der Waals surface area contributed by atoms with Crippen molar-refractivity contribution in [1.82, 2.24) is 5.32 Å². The molecule has 0 heterocycles. The van der Waals surface area contributed by atoms with Gasteiger partial charge >= 0.3 is 0 Å². The topological polar surface area (TPSA) is 87.4 Å². The summed E-state index contributed by atoms with van der Waals surface area (Å²) in [4.78, 5) is 10.3. The Labute approximate surface area is 104 Å². The third-order valence-electron chi connectivity index (χ3n) is 2.06. The van der Waals surface area contributed by atoms with Crippen molar-refractivity contribution in [1.29, 1.82) is 0 Å². The summed E-state index contributed by atoms with van der Waals surface area (Å²) >= 11 is 5.69. The first-order valence-electron chi connectivity index (χ1n) is 5.14. The summed E-state index contributed by atoms with van der Waals surface area (Å²) in [6.07, 6.45) is 0. The summed E-state index contributed by atoms with van der Waals surface area (Å²) in [7, 11) is 0. The van der Waals surface area contributed by atoms with E-state index in [4.69, 9.17) is 16.7 Å². The Hall–Kier alpha value is -1.37. The number of hydrogen-bond acceptors (Lipinski definition) is 5. The summed E-state index contributed by atoms with van der Waals surface area (Å²) in [5.74, 6) is 0. The molecule has 0 saturated carbocycles. The second-order valence-corrected chi connectivity index (χ2v) is 3.76. The number of nitro groups is 1. The number of aliphatic hydroxyl groups excluding tert-OH is 1. The highest BCUT2D eigenvalue weighted by Crippen LogP contribution is 2.27. The normalized spacial score (nSPS) is 10.2. The van der Waals surface area contributed by atoms with Crippen molar-refractivity contribution < 1.29 is 10.0 Å². The van der Waals surface area contributed by atoms with Gasteiger partial charge in [0, 0.05) is 30.7 Å². The SMILES string of the molecule is O=[N+]([O-])c1cc(Cl)ccc1NCCNCCO. The van der Waals surface area contributed by atoms with Gasteiger partial charge in [-0.05, 0) is 12.1 Å². The van der Waals surface area contributed by atoms with Gasteiger partial charge in [0.05, 0.1) is 11.5 Å². The van der Waals surface area contributed by atoms with Gasteiger partial charge in [-0.1, -0.05) is 11.6 Å². The van der Waals surface area contributed by atoms with E-state index in [2.05, 4.69) is 10.6 Å². The molecule has 0 spiro atoms. The Balaban J connectivity index is 2.55. The van der Waals surface area contributed by atoms with Gasteiger partial charge in [-0.2, -0.15) is 0 Å². The van der Waals surface area contributed by atoms with Crippen molar-refractivity contribution in [3.05, 3.63) is 33.3 Å². The first-order valence-corrected chi connectivity index (χ1v) is 5.52. The lowest BCUT2D eigenvalue weighted by Gasteiger charge is -2.07. The van der Waals surface area contributed by atoms with E-state index in [1.807, 2.05) is 0 Å². The lowest BCUT2D eigenvalue weighted by molar-refractivity contribution is -0.383. The highest BCUT2D eigenvalue weighted by molar-refractivity contribution is 6.30. The van der Waals surface area contributed by atoms with Crippen LogP contribution in [0.2, 0.25) is 5.02 Å². The Morgan fingerprint density at radius 2 is 2.12 bits per heavy atom. The Morgan fingerprint density at radius 3 is 2.76 bits per heavy atom. The fourth-order valence-corrected chi connectivity index (χ4v) is 1.46. The largest absolute Gasteiger partial charge is 0.395 e. The number of halogens is 1. The molecule has 0 atom stereocenters. The minimum absolute atomic E-state index is 0.0420. The van der Waals surface area contributed by atoms with Crippen LogP contribution in [0.25, 0.3) is 0 Å². The molecule has 0 aliphatic rings. The van der Waals surface area contributed by atoms with Gasteiger partial charge in [0.2, 0.25) is 0 Å². The summed E-state index contributed by atoms with van der Waals surface area (Å²) in [6, 6.07) is 4.48. The van der Waals surface area contributed by atoms with Crippen LogP contribution in [0.1, 0.15) is 0 Å². The van der Waals surface area contributed by atoms with E-state index in [9.17, 15) is 10.1 Å². The fourth-order valence-electron chi connectivity index (χ4n) is 1.29. The molecule has 6 nitrogen and oxygen atoms in total. The molecule has 17 heavy (non-hydrogen) atoms. The highest BCUT2D eigenvalue weighted by atomic mass is 35.5. The van der Waals surface area contributed by atoms with Crippen LogP contribution in [0.4, 0.5) is 11.4 Å². The number of hydrogen-bond donors (Lipinski definition) is 3. The third kappa shape index (κ3) is 4.56. The molecule has 0 aliphatic heterocycles. The molecule has 0 amide bonds. The molecule has 0 unspecified atom stereocenters. The van der Waals surface area contributed by atoms with Crippen molar-refractivity contribution >= 4 is 23.0 Å². The average Bonchev–Trinajstić information content (AvgIpc) is 2.30. The standard InChI is InChI=1S/C10H14ClN3O3/c11-8-1-2-9(10(7-8)14(16)17)13-4-3-12-5-6-15/h1-2,7,12-13,15H,3-6H2. The highest BCUT2D eigenvalue weighted by Gasteiger charge is 2.13. The predicted octanol–water partition coefficient (Wildman–Crippen LogP) is 1.24. The number of nitrogens with zero attached hydrogens (tertiary/aromatic N) is 1. The zero-order valence-corrected chi connectivity index (χ0v) is 9.91. The van der Waals surface area contributed by atoms with E-state index >= 15 is 0 Å². The number of benzene rings is 1. The van der Waals surface area contributed by atoms with Gasteiger partial charge in [-0.15, -0.1) is 0 Å². The number of nitro benzene ring substituents is 1. The van der Waals surface area contributed by atoms with Gasteiger partial charge in [0.15, 0.2) is 0 Å². The molecule has 7 heteroatoms. The number of anilines is 1. The molecule has 3 N–H and O–H groups in total. The molecule has 0 bridgehead atoms. The van der Waals surface area contributed by atoms with E-state index in [1.54, 1.807) is 12.1 Å². The molecular formula is C10H14ClN3O3. The molecule has 0 radical (unpaired) electrons. The monoisotopic (exact) mass is 259 g/mol. The van der Waals surface area contributed by atoms with Crippen molar-refractivity contribution in [3.8, 4) is 0 Å². The molecule has 0 aromatic heterocycles. The minimum atomic E-state index is -0.477. The summed E-state index contributed by atoms with van der Waals surface area (Å²) in [5, 5.41) is 25.5. The summed E-state index contributed by atoms with van der Waals surface area (Å²) < 4.78 is 0. The smallest absolute Gasteiger partial charge is 0.293 e.